The Hall–Kier alpha value is -4.56. The molecule has 0 radical (unpaired) electrons. The number of para-hydroxylation sites is 2. The number of amides is 4. The van der Waals surface area contributed by atoms with Crippen molar-refractivity contribution in [3.63, 3.8) is 0 Å². The quantitative estimate of drug-likeness (QED) is 0.186. The minimum Gasteiger partial charge on any atom is -0.495 e. The lowest BCUT2D eigenvalue weighted by atomic mass is 10.1. The number of carbonyl (C=O) groups is 3. The van der Waals surface area contributed by atoms with Gasteiger partial charge in [0.05, 0.1) is 24.4 Å². The van der Waals surface area contributed by atoms with Crippen LogP contribution in [0.25, 0.3) is 17.0 Å². The molecular weight excluding hydrogens is 506 g/mol. The summed E-state index contributed by atoms with van der Waals surface area (Å²) in [6, 6.07) is 21.0. The lowest BCUT2D eigenvalue weighted by Gasteiger charge is -2.26. The van der Waals surface area contributed by atoms with Crippen molar-refractivity contribution in [2.75, 3.05) is 18.6 Å². The van der Waals surface area contributed by atoms with Gasteiger partial charge in [-0.1, -0.05) is 48.0 Å². The number of methoxy groups -OCH3 is 1. The van der Waals surface area contributed by atoms with Gasteiger partial charge in [-0.05, 0) is 48.9 Å². The van der Waals surface area contributed by atoms with Crippen LogP contribution in [0.2, 0.25) is 5.02 Å². The Balaban J connectivity index is 1.42. The van der Waals surface area contributed by atoms with Gasteiger partial charge in [0.2, 0.25) is 0 Å². The van der Waals surface area contributed by atoms with E-state index in [1.54, 1.807) is 6.07 Å². The SMILES string of the molecule is COc1ccc(N2C(=O)NC(=O)C(=Cc3cn(CCCOc4ccccc4)c4ccccc34)C2=O)cc1Cl. The fourth-order valence-corrected chi connectivity index (χ4v) is 4.61. The first kappa shape index (κ1) is 25.1. The molecule has 1 aliphatic heterocycles. The fourth-order valence-electron chi connectivity index (χ4n) is 4.36. The highest BCUT2D eigenvalue weighted by Crippen LogP contribution is 2.31. The number of urea groups is 1. The molecule has 3 aromatic carbocycles. The molecule has 9 heteroatoms. The van der Waals surface area contributed by atoms with E-state index in [4.69, 9.17) is 21.1 Å². The number of ether oxygens (including phenoxy) is 2. The molecule has 0 unspecified atom stereocenters. The fraction of sp³-hybridized carbons (Fsp3) is 0.138. The first-order chi connectivity index (χ1) is 18.5. The van der Waals surface area contributed by atoms with Gasteiger partial charge in [0.25, 0.3) is 11.8 Å². The molecule has 4 amide bonds. The Bertz CT molecular complexity index is 1560. The summed E-state index contributed by atoms with van der Waals surface area (Å²) in [5, 5.41) is 3.35. The summed E-state index contributed by atoms with van der Waals surface area (Å²) in [5.41, 5.74) is 1.70. The maximum Gasteiger partial charge on any atom is 0.335 e. The molecule has 1 aliphatic rings. The van der Waals surface area contributed by atoms with Crippen LogP contribution in [0.3, 0.4) is 0 Å². The summed E-state index contributed by atoms with van der Waals surface area (Å²) in [5.74, 6) is -0.291. The van der Waals surface area contributed by atoms with Crippen molar-refractivity contribution in [2.24, 2.45) is 0 Å². The normalized spacial score (nSPS) is 14.7. The summed E-state index contributed by atoms with van der Waals surface area (Å²) in [7, 11) is 1.46. The predicted octanol–water partition coefficient (Wildman–Crippen LogP) is 5.44. The van der Waals surface area contributed by atoms with Gasteiger partial charge < -0.3 is 14.0 Å². The van der Waals surface area contributed by atoms with Crippen molar-refractivity contribution < 1.29 is 23.9 Å². The van der Waals surface area contributed by atoms with Crippen LogP contribution in [0.4, 0.5) is 10.5 Å². The Labute approximate surface area is 224 Å². The first-order valence-electron chi connectivity index (χ1n) is 12.0. The van der Waals surface area contributed by atoms with E-state index in [0.29, 0.717) is 24.5 Å². The van der Waals surface area contributed by atoms with Gasteiger partial charge in [-0.25, -0.2) is 9.69 Å². The van der Waals surface area contributed by atoms with E-state index in [9.17, 15) is 14.4 Å². The van der Waals surface area contributed by atoms with Gasteiger partial charge in [-0.2, -0.15) is 0 Å². The van der Waals surface area contributed by atoms with Crippen LogP contribution in [0.15, 0.2) is 84.6 Å². The van der Waals surface area contributed by atoms with Crippen molar-refractivity contribution in [3.05, 3.63) is 95.2 Å². The number of carbonyl (C=O) groups excluding carboxylic acids is 3. The number of barbiturate groups is 1. The monoisotopic (exact) mass is 529 g/mol. The average molecular weight is 530 g/mol. The van der Waals surface area contributed by atoms with E-state index in [-0.39, 0.29) is 16.3 Å². The molecule has 8 nitrogen and oxygen atoms in total. The number of aryl methyl sites for hydroxylation is 1. The third-order valence-corrected chi connectivity index (χ3v) is 6.47. The minimum atomic E-state index is -0.848. The van der Waals surface area contributed by atoms with Crippen molar-refractivity contribution in [1.82, 2.24) is 9.88 Å². The van der Waals surface area contributed by atoms with Gasteiger partial charge in [0.1, 0.15) is 17.1 Å². The molecule has 0 spiro atoms. The number of benzene rings is 3. The molecule has 4 aromatic rings. The van der Waals surface area contributed by atoms with Crippen LogP contribution < -0.4 is 19.7 Å². The van der Waals surface area contributed by atoms with E-state index in [1.165, 1.54) is 25.3 Å². The number of imide groups is 2. The number of hydrogen-bond donors (Lipinski definition) is 1. The molecule has 1 aromatic heterocycles. The van der Waals surface area contributed by atoms with Crippen LogP contribution in [0.1, 0.15) is 12.0 Å². The van der Waals surface area contributed by atoms with Crippen LogP contribution in [0.5, 0.6) is 11.5 Å². The standard InChI is InChI=1S/C29H24ClN3O5/c1-37-26-13-12-20(17-24(26)30)33-28(35)23(27(34)31-29(33)36)16-19-18-32(25-11-6-5-10-22(19)25)14-7-15-38-21-8-3-2-4-9-21/h2-6,8-13,16-18H,7,14-15H2,1H3,(H,31,34,36). The summed E-state index contributed by atoms with van der Waals surface area (Å²) >= 11 is 6.21. The number of fused-ring (bicyclic) bond motifs is 1. The summed E-state index contributed by atoms with van der Waals surface area (Å²) in [6.07, 6.45) is 4.16. The molecule has 1 fully saturated rings. The maximum absolute atomic E-state index is 13.4. The number of hydrogen-bond acceptors (Lipinski definition) is 5. The highest BCUT2D eigenvalue weighted by molar-refractivity contribution is 6.40. The van der Waals surface area contributed by atoms with Gasteiger partial charge in [0.15, 0.2) is 0 Å². The molecular formula is C29H24ClN3O5. The number of rotatable bonds is 8. The highest BCUT2D eigenvalue weighted by Gasteiger charge is 2.37. The second-order valence-electron chi connectivity index (χ2n) is 8.59. The lowest BCUT2D eigenvalue weighted by Crippen LogP contribution is -2.54. The predicted molar refractivity (Wildman–Crippen MR) is 145 cm³/mol. The third-order valence-electron chi connectivity index (χ3n) is 6.17. The van der Waals surface area contributed by atoms with Crippen LogP contribution in [-0.4, -0.2) is 36.1 Å². The van der Waals surface area contributed by atoms with Crippen molar-refractivity contribution in [2.45, 2.75) is 13.0 Å². The van der Waals surface area contributed by atoms with Gasteiger partial charge >= 0.3 is 6.03 Å². The van der Waals surface area contributed by atoms with Crippen molar-refractivity contribution in [3.8, 4) is 11.5 Å². The molecule has 0 saturated carbocycles. The number of nitrogens with zero attached hydrogens (tertiary/aromatic N) is 2. The number of aromatic nitrogens is 1. The van der Waals surface area contributed by atoms with Crippen molar-refractivity contribution >= 4 is 52.1 Å². The molecule has 38 heavy (non-hydrogen) atoms. The molecule has 2 heterocycles. The van der Waals surface area contributed by atoms with Gasteiger partial charge in [-0.3, -0.25) is 14.9 Å². The van der Waals surface area contributed by atoms with E-state index < -0.39 is 17.8 Å². The zero-order valence-corrected chi connectivity index (χ0v) is 21.3. The highest BCUT2D eigenvalue weighted by atomic mass is 35.5. The molecule has 192 valence electrons. The van der Waals surface area contributed by atoms with Crippen molar-refractivity contribution in [1.29, 1.82) is 0 Å². The summed E-state index contributed by atoms with van der Waals surface area (Å²) in [6.45, 7) is 1.21. The Morgan fingerprint density at radius 1 is 0.974 bits per heavy atom. The Kier molecular flexibility index (Phi) is 7.15. The molecule has 0 bridgehead atoms. The third kappa shape index (κ3) is 4.99. The second kappa shape index (κ2) is 10.8. The summed E-state index contributed by atoms with van der Waals surface area (Å²) in [4.78, 5) is 39.6. The van der Waals surface area contributed by atoms with E-state index in [1.807, 2.05) is 60.8 Å². The minimum absolute atomic E-state index is 0.160. The molecule has 0 aliphatic carbocycles. The van der Waals surface area contributed by atoms with E-state index in [2.05, 4.69) is 9.88 Å². The van der Waals surface area contributed by atoms with Gasteiger partial charge in [-0.15, -0.1) is 0 Å². The molecule has 0 atom stereocenters. The maximum atomic E-state index is 13.4. The molecule has 1 N–H and O–H groups in total. The lowest BCUT2D eigenvalue weighted by molar-refractivity contribution is -0.122. The van der Waals surface area contributed by atoms with Crippen LogP contribution >= 0.6 is 11.6 Å². The largest absolute Gasteiger partial charge is 0.495 e. The molecule has 5 rings (SSSR count). The van der Waals surface area contributed by atoms with E-state index >= 15 is 0 Å². The van der Waals surface area contributed by atoms with Gasteiger partial charge in [0, 0.05) is 29.2 Å². The van der Waals surface area contributed by atoms with E-state index in [0.717, 1.165) is 28.0 Å². The topological polar surface area (TPSA) is 89.9 Å². The zero-order chi connectivity index (χ0) is 26.6. The number of nitrogens with one attached hydrogen (secondary N) is 1. The second-order valence-corrected chi connectivity index (χ2v) is 8.99. The number of halogens is 1. The Morgan fingerprint density at radius 2 is 1.74 bits per heavy atom. The Morgan fingerprint density at radius 3 is 2.50 bits per heavy atom. The van der Waals surface area contributed by atoms with Crippen LogP contribution in [0, 0.1) is 0 Å². The first-order valence-corrected chi connectivity index (χ1v) is 12.3. The van der Waals surface area contributed by atoms with Crippen LogP contribution in [-0.2, 0) is 16.1 Å². The number of anilines is 1. The smallest absolute Gasteiger partial charge is 0.335 e. The molecule has 1 saturated heterocycles. The summed E-state index contributed by atoms with van der Waals surface area (Å²) < 4.78 is 13.0. The zero-order valence-electron chi connectivity index (χ0n) is 20.5. The average Bonchev–Trinajstić information content (AvgIpc) is 3.27.